The smallest absolute Gasteiger partial charge is 0.151 e. The SMILES string of the molecule is CCC(N)c1nnc(-c2ccccc2OC)s1. The molecule has 1 aromatic carbocycles. The minimum Gasteiger partial charge on any atom is -0.496 e. The van der Waals surface area contributed by atoms with Crippen molar-refractivity contribution in [2.24, 2.45) is 5.73 Å². The van der Waals surface area contributed by atoms with Gasteiger partial charge in [-0.2, -0.15) is 0 Å². The Morgan fingerprint density at radius 1 is 1.35 bits per heavy atom. The van der Waals surface area contributed by atoms with Gasteiger partial charge in [-0.25, -0.2) is 0 Å². The van der Waals surface area contributed by atoms with Crippen LogP contribution < -0.4 is 10.5 Å². The minimum atomic E-state index is -0.0315. The van der Waals surface area contributed by atoms with Gasteiger partial charge >= 0.3 is 0 Å². The van der Waals surface area contributed by atoms with Crippen LogP contribution in [0.2, 0.25) is 0 Å². The van der Waals surface area contributed by atoms with E-state index < -0.39 is 0 Å². The molecular weight excluding hydrogens is 234 g/mol. The van der Waals surface area contributed by atoms with Crippen LogP contribution in [0.3, 0.4) is 0 Å². The van der Waals surface area contributed by atoms with Gasteiger partial charge in [0, 0.05) is 0 Å². The highest BCUT2D eigenvalue weighted by atomic mass is 32.1. The van der Waals surface area contributed by atoms with Gasteiger partial charge in [0.2, 0.25) is 0 Å². The summed E-state index contributed by atoms with van der Waals surface area (Å²) in [5.41, 5.74) is 6.89. The summed E-state index contributed by atoms with van der Waals surface area (Å²) in [5.74, 6) is 0.806. The zero-order chi connectivity index (χ0) is 12.3. The maximum absolute atomic E-state index is 5.93. The Morgan fingerprint density at radius 2 is 2.12 bits per heavy atom. The molecule has 0 fully saturated rings. The molecule has 0 radical (unpaired) electrons. The van der Waals surface area contributed by atoms with Crippen molar-refractivity contribution in [3.63, 3.8) is 0 Å². The lowest BCUT2D eigenvalue weighted by molar-refractivity contribution is 0.416. The molecule has 1 aromatic heterocycles. The van der Waals surface area contributed by atoms with Crippen molar-refractivity contribution in [3.05, 3.63) is 29.3 Å². The summed E-state index contributed by atoms with van der Waals surface area (Å²) in [4.78, 5) is 0. The molecule has 5 heteroatoms. The van der Waals surface area contributed by atoms with Crippen molar-refractivity contribution in [2.75, 3.05) is 7.11 Å². The van der Waals surface area contributed by atoms with Gasteiger partial charge in [0.15, 0.2) is 5.01 Å². The number of para-hydroxylation sites is 1. The van der Waals surface area contributed by atoms with Gasteiger partial charge in [-0.05, 0) is 18.6 Å². The number of rotatable bonds is 4. The van der Waals surface area contributed by atoms with E-state index >= 15 is 0 Å². The number of methoxy groups -OCH3 is 1. The van der Waals surface area contributed by atoms with Crippen molar-refractivity contribution in [1.82, 2.24) is 10.2 Å². The molecule has 0 saturated carbocycles. The first-order chi connectivity index (χ1) is 8.26. The van der Waals surface area contributed by atoms with Crippen LogP contribution in [-0.2, 0) is 0 Å². The third kappa shape index (κ3) is 2.45. The molecule has 0 aliphatic rings. The van der Waals surface area contributed by atoms with Gasteiger partial charge in [0.1, 0.15) is 10.8 Å². The van der Waals surface area contributed by atoms with E-state index in [1.54, 1.807) is 7.11 Å². The first kappa shape index (κ1) is 12.0. The fourth-order valence-corrected chi connectivity index (χ4v) is 2.45. The average Bonchev–Trinajstić information content (AvgIpc) is 2.87. The second-order valence-corrected chi connectivity index (χ2v) is 4.67. The number of hydrogen-bond donors (Lipinski definition) is 1. The van der Waals surface area contributed by atoms with E-state index in [2.05, 4.69) is 10.2 Å². The van der Waals surface area contributed by atoms with Gasteiger partial charge in [0.25, 0.3) is 0 Å². The normalized spacial score (nSPS) is 12.4. The molecule has 2 N–H and O–H groups in total. The maximum Gasteiger partial charge on any atom is 0.151 e. The first-order valence-electron chi connectivity index (χ1n) is 5.48. The van der Waals surface area contributed by atoms with Gasteiger partial charge < -0.3 is 10.5 Å². The van der Waals surface area contributed by atoms with Gasteiger partial charge in [0.05, 0.1) is 18.7 Å². The molecule has 1 unspecified atom stereocenters. The van der Waals surface area contributed by atoms with E-state index in [1.165, 1.54) is 11.3 Å². The number of hydrogen-bond acceptors (Lipinski definition) is 5. The number of nitrogens with two attached hydrogens (primary N) is 1. The van der Waals surface area contributed by atoms with Crippen LogP contribution >= 0.6 is 11.3 Å². The second-order valence-electron chi connectivity index (χ2n) is 3.66. The van der Waals surface area contributed by atoms with Crippen LogP contribution in [0.1, 0.15) is 24.4 Å². The summed E-state index contributed by atoms with van der Waals surface area (Å²) in [6.07, 6.45) is 0.862. The molecule has 17 heavy (non-hydrogen) atoms. The highest BCUT2D eigenvalue weighted by molar-refractivity contribution is 7.14. The minimum absolute atomic E-state index is 0.0315. The van der Waals surface area contributed by atoms with Crippen LogP contribution in [0.15, 0.2) is 24.3 Å². The first-order valence-corrected chi connectivity index (χ1v) is 6.30. The summed E-state index contributed by atoms with van der Waals surface area (Å²) in [7, 11) is 1.65. The molecule has 0 aliphatic heterocycles. The summed E-state index contributed by atoms with van der Waals surface area (Å²) in [5, 5.41) is 10.0. The topological polar surface area (TPSA) is 61.0 Å². The molecule has 1 atom stereocenters. The lowest BCUT2D eigenvalue weighted by atomic mass is 10.2. The zero-order valence-corrected chi connectivity index (χ0v) is 10.7. The Kier molecular flexibility index (Phi) is 3.71. The Hall–Kier alpha value is -1.46. The molecule has 2 aromatic rings. The third-order valence-corrected chi connectivity index (χ3v) is 3.62. The van der Waals surface area contributed by atoms with Crippen molar-refractivity contribution in [2.45, 2.75) is 19.4 Å². The van der Waals surface area contributed by atoms with Crippen molar-refractivity contribution >= 4 is 11.3 Å². The fourth-order valence-electron chi connectivity index (χ4n) is 1.49. The predicted octanol–water partition coefficient (Wildman–Crippen LogP) is 2.62. The second kappa shape index (κ2) is 5.25. The molecular formula is C12H15N3OS. The largest absolute Gasteiger partial charge is 0.496 e. The van der Waals surface area contributed by atoms with Crippen LogP contribution in [0, 0.1) is 0 Å². The summed E-state index contributed by atoms with van der Waals surface area (Å²) in [6, 6.07) is 7.74. The number of nitrogens with zero attached hydrogens (tertiary/aromatic N) is 2. The van der Waals surface area contributed by atoms with Gasteiger partial charge in [-0.3, -0.25) is 0 Å². The van der Waals surface area contributed by atoms with Crippen LogP contribution in [-0.4, -0.2) is 17.3 Å². The van der Waals surface area contributed by atoms with E-state index in [1.807, 2.05) is 31.2 Å². The van der Waals surface area contributed by atoms with E-state index in [0.29, 0.717) is 0 Å². The monoisotopic (exact) mass is 249 g/mol. The molecule has 90 valence electrons. The molecule has 0 saturated heterocycles. The average molecular weight is 249 g/mol. The molecule has 0 aliphatic carbocycles. The number of benzene rings is 1. The van der Waals surface area contributed by atoms with E-state index in [9.17, 15) is 0 Å². The molecule has 1 heterocycles. The quantitative estimate of drug-likeness (QED) is 0.904. The van der Waals surface area contributed by atoms with E-state index in [0.717, 1.165) is 27.7 Å². The summed E-state index contributed by atoms with van der Waals surface area (Å²) >= 11 is 1.52. The van der Waals surface area contributed by atoms with Gasteiger partial charge in [-0.15, -0.1) is 10.2 Å². The van der Waals surface area contributed by atoms with Crippen LogP contribution in [0.4, 0.5) is 0 Å². The molecule has 0 spiro atoms. The Labute approximate surface area is 104 Å². The van der Waals surface area contributed by atoms with Crippen molar-refractivity contribution < 1.29 is 4.74 Å². The molecule has 4 nitrogen and oxygen atoms in total. The van der Waals surface area contributed by atoms with Crippen molar-refractivity contribution in [3.8, 4) is 16.3 Å². The van der Waals surface area contributed by atoms with E-state index in [4.69, 9.17) is 10.5 Å². The number of ether oxygens (including phenoxy) is 1. The molecule has 2 rings (SSSR count). The molecule has 0 bridgehead atoms. The standard InChI is InChI=1S/C12H15N3OS/c1-3-9(13)12-15-14-11(17-12)8-6-4-5-7-10(8)16-2/h4-7,9H,3,13H2,1-2H3. The highest BCUT2D eigenvalue weighted by Gasteiger charge is 2.14. The fraction of sp³-hybridized carbons (Fsp3) is 0.333. The Bertz CT molecular complexity index is 498. The summed E-state index contributed by atoms with van der Waals surface area (Å²) < 4.78 is 5.30. The summed E-state index contributed by atoms with van der Waals surface area (Å²) in [6.45, 7) is 2.04. The highest BCUT2D eigenvalue weighted by Crippen LogP contribution is 2.33. The van der Waals surface area contributed by atoms with Gasteiger partial charge in [-0.1, -0.05) is 30.4 Å². The predicted molar refractivity (Wildman–Crippen MR) is 69.1 cm³/mol. The van der Waals surface area contributed by atoms with E-state index in [-0.39, 0.29) is 6.04 Å². The third-order valence-electron chi connectivity index (χ3n) is 2.54. The molecule has 0 amide bonds. The zero-order valence-electron chi connectivity index (χ0n) is 9.88. The van der Waals surface area contributed by atoms with Crippen LogP contribution in [0.25, 0.3) is 10.6 Å². The number of aromatic nitrogens is 2. The van der Waals surface area contributed by atoms with Crippen molar-refractivity contribution in [1.29, 1.82) is 0 Å². The maximum atomic E-state index is 5.93. The van der Waals surface area contributed by atoms with Crippen LogP contribution in [0.5, 0.6) is 5.75 Å². The lowest BCUT2D eigenvalue weighted by Crippen LogP contribution is -2.07. The Balaban J connectivity index is 2.37. The Morgan fingerprint density at radius 3 is 2.82 bits per heavy atom. The lowest BCUT2D eigenvalue weighted by Gasteiger charge is -2.04.